The Labute approximate surface area is 205 Å². The summed E-state index contributed by atoms with van der Waals surface area (Å²) in [7, 11) is 1.97. The molecule has 2 fully saturated rings. The molecule has 2 aliphatic heterocycles. The Balaban J connectivity index is 0.00000272. The van der Waals surface area contributed by atoms with E-state index in [1.54, 1.807) is 0 Å². The first-order valence-corrected chi connectivity index (χ1v) is 11.0. The van der Waals surface area contributed by atoms with Gasteiger partial charge in [-0.3, -0.25) is 0 Å². The number of rotatable bonds is 6. The quantitative estimate of drug-likeness (QED) is 0.322. The molecule has 170 valence electrons. The third-order valence-corrected chi connectivity index (χ3v) is 6.02. The molecule has 8 nitrogen and oxygen atoms in total. The molecule has 0 spiro atoms. The molecule has 31 heavy (non-hydrogen) atoms. The molecule has 0 amide bonds. The third kappa shape index (κ3) is 6.45. The molecule has 2 N–H and O–H groups in total. The van der Waals surface area contributed by atoms with Crippen molar-refractivity contribution in [1.82, 2.24) is 25.4 Å². The zero-order chi connectivity index (χ0) is 20.9. The van der Waals surface area contributed by atoms with E-state index in [0.29, 0.717) is 12.6 Å². The first kappa shape index (κ1) is 24.1. The van der Waals surface area contributed by atoms with Crippen LogP contribution in [0.2, 0.25) is 5.02 Å². The highest BCUT2D eigenvalue weighted by atomic mass is 127. The normalized spacial score (nSPS) is 21.3. The molecule has 0 bridgehead atoms. The monoisotopic (exact) mass is 559 g/mol. The topological polar surface area (TPSA) is 79.6 Å². The van der Waals surface area contributed by atoms with Crippen molar-refractivity contribution in [2.24, 2.45) is 12.0 Å². The van der Waals surface area contributed by atoms with Crippen molar-refractivity contribution in [2.45, 2.75) is 44.9 Å². The second-order valence-corrected chi connectivity index (χ2v) is 8.40. The predicted octanol–water partition coefficient (Wildman–Crippen LogP) is 2.89. The Morgan fingerprint density at radius 2 is 2.19 bits per heavy atom. The molecular formula is C21H31ClIN7O. The van der Waals surface area contributed by atoms with Crippen LogP contribution in [0.3, 0.4) is 0 Å². The van der Waals surface area contributed by atoms with Crippen LogP contribution in [0.4, 0.5) is 5.69 Å². The van der Waals surface area contributed by atoms with Crippen molar-refractivity contribution >= 4 is 47.2 Å². The summed E-state index contributed by atoms with van der Waals surface area (Å²) in [5.74, 6) is 2.52. The largest absolute Gasteiger partial charge is 0.376 e. The fraction of sp³-hybridized carbons (Fsp3) is 0.571. The standard InChI is InChI=1S/C21H30ClN7O.HI/c1-15-26-27-20(28(15)2)13-24-21(23-12-19-7-4-10-30-19)25-17-8-9-29(14-17)18-6-3-5-16(22)11-18;/h3,5-6,11,17,19H,4,7-10,12-14H2,1-2H3,(H2,23,24,25);1H. The lowest BCUT2D eigenvalue weighted by Gasteiger charge is -2.21. The second-order valence-electron chi connectivity index (χ2n) is 7.96. The SMILES string of the molecule is Cc1nnc(CN=C(NCC2CCCO2)NC2CCN(c3cccc(Cl)c3)C2)n1C.I. The summed E-state index contributed by atoms with van der Waals surface area (Å²) in [5, 5.41) is 16.2. The number of hydrogen-bond acceptors (Lipinski definition) is 5. The average Bonchev–Trinajstić information content (AvgIpc) is 3.48. The number of aryl methyl sites for hydroxylation is 1. The second kappa shape index (κ2) is 11.3. The van der Waals surface area contributed by atoms with Crippen LogP contribution in [0.15, 0.2) is 29.3 Å². The Morgan fingerprint density at radius 1 is 1.32 bits per heavy atom. The fourth-order valence-corrected chi connectivity index (χ4v) is 4.07. The zero-order valence-electron chi connectivity index (χ0n) is 18.1. The minimum atomic E-state index is 0. The summed E-state index contributed by atoms with van der Waals surface area (Å²) in [6, 6.07) is 8.34. The zero-order valence-corrected chi connectivity index (χ0v) is 21.1. The number of benzene rings is 1. The van der Waals surface area contributed by atoms with E-state index in [2.05, 4.69) is 31.8 Å². The lowest BCUT2D eigenvalue weighted by Crippen LogP contribution is -2.46. The predicted molar refractivity (Wildman–Crippen MR) is 134 cm³/mol. The number of anilines is 1. The van der Waals surface area contributed by atoms with E-state index >= 15 is 0 Å². The Kier molecular flexibility index (Phi) is 8.79. The number of halogens is 2. The third-order valence-electron chi connectivity index (χ3n) is 5.78. The molecule has 2 aromatic rings. The Bertz CT molecular complexity index is 884. The Morgan fingerprint density at radius 3 is 2.90 bits per heavy atom. The maximum atomic E-state index is 6.17. The highest BCUT2D eigenvalue weighted by Crippen LogP contribution is 2.23. The van der Waals surface area contributed by atoms with Gasteiger partial charge in [0.05, 0.1) is 6.10 Å². The van der Waals surface area contributed by atoms with Gasteiger partial charge in [0.1, 0.15) is 12.4 Å². The van der Waals surface area contributed by atoms with Crippen LogP contribution in [-0.2, 0) is 18.3 Å². The summed E-state index contributed by atoms with van der Waals surface area (Å²) in [6.45, 7) is 5.92. The van der Waals surface area contributed by atoms with Gasteiger partial charge in [-0.2, -0.15) is 0 Å². The van der Waals surface area contributed by atoms with Gasteiger partial charge in [0.25, 0.3) is 0 Å². The number of ether oxygens (including phenoxy) is 1. The minimum absolute atomic E-state index is 0. The number of aliphatic imine (C=N–C) groups is 1. The minimum Gasteiger partial charge on any atom is -0.376 e. The van der Waals surface area contributed by atoms with Gasteiger partial charge in [-0.05, 0) is 44.4 Å². The van der Waals surface area contributed by atoms with Crippen LogP contribution in [0.25, 0.3) is 0 Å². The van der Waals surface area contributed by atoms with Crippen LogP contribution in [0.5, 0.6) is 0 Å². The summed E-state index contributed by atoms with van der Waals surface area (Å²) < 4.78 is 7.72. The summed E-state index contributed by atoms with van der Waals surface area (Å²) in [5.41, 5.74) is 1.16. The number of guanidine groups is 1. The molecule has 4 rings (SSSR count). The molecular weight excluding hydrogens is 529 g/mol. The first-order valence-electron chi connectivity index (χ1n) is 10.6. The van der Waals surface area contributed by atoms with Gasteiger partial charge in [0.2, 0.25) is 0 Å². The van der Waals surface area contributed by atoms with Crippen molar-refractivity contribution in [3.8, 4) is 0 Å². The molecule has 2 unspecified atom stereocenters. The van der Waals surface area contributed by atoms with Crippen molar-refractivity contribution in [3.05, 3.63) is 40.9 Å². The maximum Gasteiger partial charge on any atom is 0.192 e. The number of hydrogen-bond donors (Lipinski definition) is 2. The van der Waals surface area contributed by atoms with Gasteiger partial charge < -0.3 is 24.8 Å². The van der Waals surface area contributed by atoms with Gasteiger partial charge >= 0.3 is 0 Å². The van der Waals surface area contributed by atoms with Gasteiger partial charge in [-0.15, -0.1) is 34.2 Å². The molecule has 1 aromatic carbocycles. The molecule has 10 heteroatoms. The fourth-order valence-electron chi connectivity index (χ4n) is 3.89. The molecule has 2 aliphatic rings. The molecule has 2 saturated heterocycles. The van der Waals surface area contributed by atoms with Gasteiger partial charge in [-0.1, -0.05) is 17.7 Å². The van der Waals surface area contributed by atoms with Crippen molar-refractivity contribution in [3.63, 3.8) is 0 Å². The van der Waals surface area contributed by atoms with Crippen molar-refractivity contribution in [2.75, 3.05) is 31.1 Å². The van der Waals surface area contributed by atoms with Crippen LogP contribution < -0.4 is 15.5 Å². The number of nitrogens with zero attached hydrogens (tertiary/aromatic N) is 5. The summed E-state index contributed by atoms with van der Waals surface area (Å²) in [6.07, 6.45) is 3.51. The molecule has 0 saturated carbocycles. The Hall–Kier alpha value is -1.59. The van der Waals surface area contributed by atoms with Gasteiger partial charge in [-0.25, -0.2) is 4.99 Å². The lowest BCUT2D eigenvalue weighted by atomic mass is 10.2. The van der Waals surface area contributed by atoms with Crippen LogP contribution >= 0.6 is 35.6 Å². The van der Waals surface area contributed by atoms with Crippen LogP contribution in [0, 0.1) is 6.92 Å². The van der Waals surface area contributed by atoms with Gasteiger partial charge in [0, 0.05) is 50.0 Å². The number of aromatic nitrogens is 3. The molecule has 3 heterocycles. The number of nitrogens with one attached hydrogen (secondary N) is 2. The van der Waals surface area contributed by atoms with Crippen LogP contribution in [-0.4, -0.2) is 59.1 Å². The van der Waals surface area contributed by atoms with E-state index in [9.17, 15) is 0 Å². The van der Waals surface area contributed by atoms with Crippen molar-refractivity contribution < 1.29 is 4.74 Å². The highest BCUT2D eigenvalue weighted by molar-refractivity contribution is 14.0. The van der Waals surface area contributed by atoms with Crippen LogP contribution in [0.1, 0.15) is 30.9 Å². The van der Waals surface area contributed by atoms with E-state index in [1.165, 1.54) is 0 Å². The van der Waals surface area contributed by atoms with E-state index in [-0.39, 0.29) is 30.1 Å². The summed E-state index contributed by atoms with van der Waals surface area (Å²) >= 11 is 6.17. The molecule has 2 atom stereocenters. The molecule has 0 radical (unpaired) electrons. The van der Waals surface area contributed by atoms with E-state index < -0.39 is 0 Å². The average molecular weight is 560 g/mol. The van der Waals surface area contributed by atoms with Gasteiger partial charge in [0.15, 0.2) is 11.8 Å². The highest BCUT2D eigenvalue weighted by Gasteiger charge is 2.24. The van der Waals surface area contributed by atoms with Crippen molar-refractivity contribution in [1.29, 1.82) is 0 Å². The first-order chi connectivity index (χ1) is 14.6. The summed E-state index contributed by atoms with van der Waals surface area (Å²) in [4.78, 5) is 7.13. The molecule has 1 aromatic heterocycles. The van der Waals surface area contributed by atoms with E-state index in [1.807, 2.05) is 36.7 Å². The smallest absolute Gasteiger partial charge is 0.192 e. The lowest BCUT2D eigenvalue weighted by molar-refractivity contribution is 0.113. The molecule has 0 aliphatic carbocycles. The van der Waals surface area contributed by atoms with E-state index in [0.717, 1.165) is 73.8 Å². The maximum absolute atomic E-state index is 6.17. The van der Waals surface area contributed by atoms with E-state index in [4.69, 9.17) is 21.3 Å².